The summed E-state index contributed by atoms with van der Waals surface area (Å²) in [6.45, 7) is 0. The third kappa shape index (κ3) is 3.40. The van der Waals surface area contributed by atoms with Crippen molar-refractivity contribution in [1.82, 2.24) is 15.0 Å². The summed E-state index contributed by atoms with van der Waals surface area (Å²) in [6.07, 6.45) is 0. The van der Waals surface area contributed by atoms with E-state index in [1.165, 1.54) is 21.5 Å². The molecule has 3 heteroatoms. The Labute approximate surface area is 186 Å². The van der Waals surface area contributed by atoms with Crippen LogP contribution < -0.4 is 0 Å². The Kier molecular flexibility index (Phi) is 4.43. The van der Waals surface area contributed by atoms with Gasteiger partial charge in [0.15, 0.2) is 17.5 Å². The summed E-state index contributed by atoms with van der Waals surface area (Å²) in [6, 6.07) is 39.4. The predicted octanol–water partition coefficient (Wildman–Crippen LogP) is 7.18. The van der Waals surface area contributed by atoms with E-state index in [0.717, 1.165) is 16.7 Å². The van der Waals surface area contributed by atoms with Gasteiger partial charge in [-0.15, -0.1) is 0 Å². The van der Waals surface area contributed by atoms with Crippen LogP contribution in [0.1, 0.15) is 0 Å². The van der Waals surface area contributed by atoms with Crippen LogP contribution in [0.4, 0.5) is 0 Å². The maximum absolute atomic E-state index is 4.89. The molecule has 0 spiro atoms. The maximum Gasteiger partial charge on any atom is 0.164 e. The molecule has 150 valence electrons. The Balaban J connectivity index is 1.56. The summed E-state index contributed by atoms with van der Waals surface area (Å²) >= 11 is 0. The number of aromatic nitrogens is 3. The molecule has 32 heavy (non-hydrogen) atoms. The highest BCUT2D eigenvalue weighted by molar-refractivity contribution is 5.88. The van der Waals surface area contributed by atoms with E-state index in [-0.39, 0.29) is 0 Å². The van der Waals surface area contributed by atoms with E-state index in [2.05, 4.69) is 84.9 Å². The molecule has 0 radical (unpaired) electrons. The van der Waals surface area contributed by atoms with Gasteiger partial charge in [0.25, 0.3) is 0 Å². The molecule has 3 nitrogen and oxygen atoms in total. The molecule has 0 saturated heterocycles. The van der Waals surface area contributed by atoms with Gasteiger partial charge >= 0.3 is 0 Å². The van der Waals surface area contributed by atoms with Crippen molar-refractivity contribution in [3.05, 3.63) is 115 Å². The van der Waals surface area contributed by atoms with Crippen molar-refractivity contribution in [3.8, 4) is 34.2 Å². The fraction of sp³-hybridized carbons (Fsp3) is 0. The lowest BCUT2D eigenvalue weighted by Gasteiger charge is -2.09. The van der Waals surface area contributed by atoms with Crippen LogP contribution in [0.25, 0.3) is 55.7 Å². The molecule has 0 saturated carbocycles. The molecule has 0 atom stereocenters. The van der Waals surface area contributed by atoms with E-state index in [1.807, 2.05) is 30.3 Å². The molecule has 0 amide bonds. The molecular weight excluding hydrogens is 390 g/mol. The first-order chi connectivity index (χ1) is 15.8. The second-order valence-electron chi connectivity index (χ2n) is 7.80. The first-order valence-electron chi connectivity index (χ1n) is 10.6. The Morgan fingerprint density at radius 3 is 1.22 bits per heavy atom. The molecular formula is C29H19N3. The molecule has 0 aliphatic heterocycles. The van der Waals surface area contributed by atoms with Crippen LogP contribution >= 0.6 is 0 Å². The second-order valence-corrected chi connectivity index (χ2v) is 7.80. The minimum Gasteiger partial charge on any atom is -0.208 e. The Bertz CT molecular complexity index is 1480. The van der Waals surface area contributed by atoms with Gasteiger partial charge < -0.3 is 0 Å². The topological polar surface area (TPSA) is 38.7 Å². The SMILES string of the molecule is c1ccc(-c2nc(-c3ccc4ccccc4c3)nc(-c3ccc4ccccc4c3)n2)cc1. The quantitative estimate of drug-likeness (QED) is 0.311. The second kappa shape index (κ2) is 7.71. The van der Waals surface area contributed by atoms with Crippen molar-refractivity contribution in [2.75, 3.05) is 0 Å². The third-order valence-electron chi connectivity index (χ3n) is 5.68. The van der Waals surface area contributed by atoms with E-state index in [0.29, 0.717) is 17.5 Å². The summed E-state index contributed by atoms with van der Waals surface area (Å²) in [7, 11) is 0. The van der Waals surface area contributed by atoms with Crippen LogP contribution in [-0.4, -0.2) is 15.0 Å². The minimum atomic E-state index is 0.673. The lowest BCUT2D eigenvalue weighted by Crippen LogP contribution is -2.00. The average molecular weight is 409 g/mol. The van der Waals surface area contributed by atoms with Gasteiger partial charge in [0.05, 0.1) is 0 Å². The summed E-state index contributed by atoms with van der Waals surface area (Å²) in [4.78, 5) is 14.6. The van der Waals surface area contributed by atoms with Crippen LogP contribution in [0.2, 0.25) is 0 Å². The van der Waals surface area contributed by atoms with Crippen molar-refractivity contribution >= 4 is 21.5 Å². The van der Waals surface area contributed by atoms with Crippen LogP contribution in [0.3, 0.4) is 0 Å². The van der Waals surface area contributed by atoms with E-state index >= 15 is 0 Å². The number of rotatable bonds is 3. The molecule has 0 bridgehead atoms. The molecule has 0 unspecified atom stereocenters. The lowest BCUT2D eigenvalue weighted by atomic mass is 10.1. The molecule has 6 aromatic rings. The van der Waals surface area contributed by atoms with E-state index in [1.54, 1.807) is 0 Å². The maximum atomic E-state index is 4.89. The highest BCUT2D eigenvalue weighted by Gasteiger charge is 2.13. The van der Waals surface area contributed by atoms with E-state index in [9.17, 15) is 0 Å². The zero-order valence-corrected chi connectivity index (χ0v) is 17.3. The Morgan fingerprint density at radius 2 is 0.719 bits per heavy atom. The zero-order chi connectivity index (χ0) is 21.3. The first kappa shape index (κ1) is 18.4. The molecule has 0 aliphatic carbocycles. The predicted molar refractivity (Wildman–Crippen MR) is 131 cm³/mol. The van der Waals surface area contributed by atoms with Crippen molar-refractivity contribution in [3.63, 3.8) is 0 Å². The third-order valence-corrected chi connectivity index (χ3v) is 5.68. The molecule has 1 aromatic heterocycles. The smallest absolute Gasteiger partial charge is 0.164 e. The lowest BCUT2D eigenvalue weighted by molar-refractivity contribution is 1.08. The summed E-state index contributed by atoms with van der Waals surface area (Å²) in [5, 5.41) is 4.73. The molecule has 0 N–H and O–H groups in total. The van der Waals surface area contributed by atoms with E-state index < -0.39 is 0 Å². The highest BCUT2D eigenvalue weighted by Crippen LogP contribution is 2.28. The molecule has 6 rings (SSSR count). The largest absolute Gasteiger partial charge is 0.208 e. The average Bonchev–Trinajstić information content (AvgIpc) is 2.88. The minimum absolute atomic E-state index is 0.673. The van der Waals surface area contributed by atoms with Crippen LogP contribution in [0.5, 0.6) is 0 Å². The van der Waals surface area contributed by atoms with Gasteiger partial charge in [-0.1, -0.05) is 103 Å². The standard InChI is InChI=1S/C29H19N3/c1-2-10-22(11-3-1)27-30-28(25-16-14-20-8-4-6-12-23(20)18-25)32-29(31-27)26-17-15-21-9-5-7-13-24(21)19-26/h1-19H. The Hall–Kier alpha value is -4.37. The van der Waals surface area contributed by atoms with Crippen molar-refractivity contribution < 1.29 is 0 Å². The van der Waals surface area contributed by atoms with E-state index in [4.69, 9.17) is 15.0 Å². The normalized spacial score (nSPS) is 11.1. The fourth-order valence-electron chi connectivity index (χ4n) is 4.01. The molecule has 1 heterocycles. The zero-order valence-electron chi connectivity index (χ0n) is 17.3. The summed E-state index contributed by atoms with van der Waals surface area (Å²) in [5.41, 5.74) is 2.93. The van der Waals surface area contributed by atoms with Crippen molar-refractivity contribution in [1.29, 1.82) is 0 Å². The van der Waals surface area contributed by atoms with Crippen LogP contribution in [-0.2, 0) is 0 Å². The van der Waals surface area contributed by atoms with Gasteiger partial charge in [-0.05, 0) is 33.7 Å². The molecule has 5 aromatic carbocycles. The van der Waals surface area contributed by atoms with Crippen molar-refractivity contribution in [2.24, 2.45) is 0 Å². The number of fused-ring (bicyclic) bond motifs is 2. The summed E-state index contributed by atoms with van der Waals surface area (Å²) in [5.74, 6) is 2.02. The van der Waals surface area contributed by atoms with Crippen molar-refractivity contribution in [2.45, 2.75) is 0 Å². The number of hydrogen-bond acceptors (Lipinski definition) is 3. The Morgan fingerprint density at radius 1 is 0.312 bits per heavy atom. The van der Waals surface area contributed by atoms with Crippen LogP contribution in [0, 0.1) is 0 Å². The fourth-order valence-corrected chi connectivity index (χ4v) is 4.01. The van der Waals surface area contributed by atoms with Gasteiger partial charge in [-0.2, -0.15) is 0 Å². The van der Waals surface area contributed by atoms with Gasteiger partial charge in [0.1, 0.15) is 0 Å². The van der Waals surface area contributed by atoms with Gasteiger partial charge in [-0.25, -0.2) is 15.0 Å². The molecule has 0 aliphatic rings. The monoisotopic (exact) mass is 409 g/mol. The van der Waals surface area contributed by atoms with Crippen LogP contribution in [0.15, 0.2) is 115 Å². The highest BCUT2D eigenvalue weighted by atomic mass is 15.0. The number of benzene rings is 5. The molecule has 0 fully saturated rings. The summed E-state index contributed by atoms with van der Waals surface area (Å²) < 4.78 is 0. The first-order valence-corrected chi connectivity index (χ1v) is 10.6. The van der Waals surface area contributed by atoms with Gasteiger partial charge in [0.2, 0.25) is 0 Å². The number of nitrogens with zero attached hydrogens (tertiary/aromatic N) is 3. The number of hydrogen-bond donors (Lipinski definition) is 0. The van der Waals surface area contributed by atoms with Gasteiger partial charge in [0, 0.05) is 16.7 Å². The van der Waals surface area contributed by atoms with Gasteiger partial charge in [-0.3, -0.25) is 0 Å².